The molecule has 24 heavy (non-hydrogen) atoms. The molecule has 0 amide bonds. The second kappa shape index (κ2) is 14.1. The lowest BCUT2D eigenvalue weighted by molar-refractivity contribution is 0.0306. The van der Waals surface area contributed by atoms with Crippen LogP contribution in [0.15, 0.2) is 4.99 Å². The molecule has 0 spiro atoms. The van der Waals surface area contributed by atoms with Crippen LogP contribution in [0.25, 0.3) is 0 Å². The molecule has 0 saturated heterocycles. The largest absolute Gasteiger partial charge is 0.388 e. The normalized spacial score (nSPS) is 15.1. The predicted octanol–water partition coefficient (Wildman–Crippen LogP) is 3.31. The molecular weight excluding hydrogens is 417 g/mol. The molecule has 144 valence electrons. The number of rotatable bonds is 13. The quantitative estimate of drug-likeness (QED) is 0.173. The van der Waals surface area contributed by atoms with Gasteiger partial charge in [0.15, 0.2) is 5.96 Å². The second-order valence-electron chi connectivity index (χ2n) is 6.72. The van der Waals surface area contributed by atoms with E-state index in [-0.39, 0.29) is 24.0 Å². The predicted molar refractivity (Wildman–Crippen MR) is 112 cm³/mol. The fourth-order valence-electron chi connectivity index (χ4n) is 2.70. The van der Waals surface area contributed by atoms with Crippen LogP contribution in [0.2, 0.25) is 0 Å². The van der Waals surface area contributed by atoms with Crippen molar-refractivity contribution in [2.24, 2.45) is 10.9 Å². The highest BCUT2D eigenvalue weighted by molar-refractivity contribution is 14.0. The fourth-order valence-corrected chi connectivity index (χ4v) is 2.70. The Balaban J connectivity index is 0.00000529. The Labute approximate surface area is 165 Å². The first-order chi connectivity index (χ1) is 11.1. The van der Waals surface area contributed by atoms with Crippen molar-refractivity contribution in [3.8, 4) is 0 Å². The van der Waals surface area contributed by atoms with Crippen molar-refractivity contribution in [2.45, 2.75) is 71.3 Å². The van der Waals surface area contributed by atoms with Crippen LogP contribution in [0.4, 0.5) is 0 Å². The Morgan fingerprint density at radius 1 is 1.17 bits per heavy atom. The summed E-state index contributed by atoms with van der Waals surface area (Å²) in [7, 11) is 0. The molecule has 1 aliphatic rings. The van der Waals surface area contributed by atoms with Gasteiger partial charge >= 0.3 is 0 Å². The molecule has 0 aliphatic heterocycles. The lowest BCUT2D eigenvalue weighted by Gasteiger charge is -2.26. The fraction of sp³-hybridized carbons (Fsp3) is 0.944. The average Bonchev–Trinajstić information content (AvgIpc) is 3.33. The molecule has 0 bridgehead atoms. The summed E-state index contributed by atoms with van der Waals surface area (Å²) in [4.78, 5) is 4.58. The number of aliphatic imine (C=N–C) groups is 1. The number of aliphatic hydroxyl groups is 1. The molecule has 0 aromatic heterocycles. The molecule has 0 aromatic carbocycles. The molecule has 1 saturated carbocycles. The van der Waals surface area contributed by atoms with Gasteiger partial charge in [0.2, 0.25) is 0 Å². The maximum Gasteiger partial charge on any atom is 0.191 e. The lowest BCUT2D eigenvalue weighted by Crippen LogP contribution is -2.40. The lowest BCUT2D eigenvalue weighted by atomic mass is 9.93. The minimum Gasteiger partial charge on any atom is -0.388 e. The van der Waals surface area contributed by atoms with Gasteiger partial charge in [0.25, 0.3) is 0 Å². The van der Waals surface area contributed by atoms with Gasteiger partial charge in [0, 0.05) is 26.3 Å². The number of guanidine groups is 1. The summed E-state index contributed by atoms with van der Waals surface area (Å²) < 4.78 is 5.64. The molecule has 1 rings (SSSR count). The zero-order chi connectivity index (χ0) is 17.0. The Bertz CT molecular complexity index is 330. The highest BCUT2D eigenvalue weighted by Gasteiger charge is 2.24. The smallest absolute Gasteiger partial charge is 0.191 e. The molecule has 5 nitrogen and oxygen atoms in total. The van der Waals surface area contributed by atoms with Gasteiger partial charge in [-0.05, 0) is 44.9 Å². The van der Waals surface area contributed by atoms with Crippen molar-refractivity contribution in [1.29, 1.82) is 0 Å². The van der Waals surface area contributed by atoms with Gasteiger partial charge in [-0.1, -0.05) is 26.7 Å². The van der Waals surface area contributed by atoms with Crippen LogP contribution in [0, 0.1) is 5.92 Å². The summed E-state index contributed by atoms with van der Waals surface area (Å²) in [5.41, 5.74) is -0.667. The second-order valence-corrected chi connectivity index (χ2v) is 6.72. The number of ether oxygens (including phenoxy) is 1. The molecule has 0 atom stereocenters. The Kier molecular flexibility index (Phi) is 14.1. The van der Waals surface area contributed by atoms with E-state index in [1.165, 1.54) is 12.8 Å². The Hall–Kier alpha value is -0.0800. The van der Waals surface area contributed by atoms with Crippen molar-refractivity contribution >= 4 is 29.9 Å². The number of halogens is 1. The van der Waals surface area contributed by atoms with Crippen LogP contribution in [0.5, 0.6) is 0 Å². The number of hydrogen-bond donors (Lipinski definition) is 3. The summed E-state index contributed by atoms with van der Waals surface area (Å²) in [6.07, 6.45) is 7.23. The molecule has 1 aliphatic carbocycles. The minimum atomic E-state index is -0.667. The van der Waals surface area contributed by atoms with Crippen molar-refractivity contribution < 1.29 is 9.84 Å². The SMILES string of the molecule is CCCC(O)(CCC)CN=C(NCC)NCCCOCC1CC1.I. The third kappa shape index (κ3) is 11.5. The standard InChI is InChI=1S/C18H37N3O2.HI/c1-4-10-18(22,11-5-2)15-21-17(19-6-3)20-12-7-13-23-14-16-8-9-16;/h16,22H,4-15H2,1-3H3,(H2,19,20,21);1H. The van der Waals surface area contributed by atoms with Crippen LogP contribution in [-0.2, 0) is 4.74 Å². The summed E-state index contributed by atoms with van der Waals surface area (Å²) in [6.45, 7) is 10.1. The summed E-state index contributed by atoms with van der Waals surface area (Å²) in [5, 5.41) is 17.2. The van der Waals surface area contributed by atoms with Crippen molar-refractivity contribution in [3.63, 3.8) is 0 Å². The molecule has 3 N–H and O–H groups in total. The molecular formula is C18H38IN3O2. The average molecular weight is 455 g/mol. The topological polar surface area (TPSA) is 65.9 Å². The van der Waals surface area contributed by atoms with Gasteiger partial charge in [0.05, 0.1) is 12.1 Å². The summed E-state index contributed by atoms with van der Waals surface area (Å²) >= 11 is 0. The van der Waals surface area contributed by atoms with Crippen LogP contribution in [0.1, 0.15) is 65.7 Å². The zero-order valence-corrected chi connectivity index (χ0v) is 18.1. The van der Waals surface area contributed by atoms with Gasteiger partial charge in [-0.2, -0.15) is 0 Å². The van der Waals surface area contributed by atoms with E-state index in [0.29, 0.717) is 6.54 Å². The van der Waals surface area contributed by atoms with E-state index in [2.05, 4.69) is 36.4 Å². The van der Waals surface area contributed by atoms with E-state index in [9.17, 15) is 5.11 Å². The van der Waals surface area contributed by atoms with E-state index in [1.54, 1.807) is 0 Å². The first kappa shape index (κ1) is 23.9. The van der Waals surface area contributed by atoms with E-state index < -0.39 is 5.60 Å². The third-order valence-electron chi connectivity index (χ3n) is 4.11. The first-order valence-electron chi connectivity index (χ1n) is 9.45. The number of nitrogens with zero attached hydrogens (tertiary/aromatic N) is 1. The molecule has 0 heterocycles. The van der Waals surface area contributed by atoms with Crippen LogP contribution in [-0.4, -0.2) is 49.5 Å². The first-order valence-corrected chi connectivity index (χ1v) is 9.45. The van der Waals surface area contributed by atoms with E-state index in [0.717, 1.165) is 70.3 Å². The van der Waals surface area contributed by atoms with Crippen molar-refractivity contribution in [2.75, 3.05) is 32.8 Å². The molecule has 6 heteroatoms. The van der Waals surface area contributed by atoms with E-state index >= 15 is 0 Å². The Morgan fingerprint density at radius 2 is 1.83 bits per heavy atom. The van der Waals surface area contributed by atoms with E-state index in [4.69, 9.17) is 4.74 Å². The van der Waals surface area contributed by atoms with Crippen molar-refractivity contribution in [3.05, 3.63) is 0 Å². The maximum absolute atomic E-state index is 10.6. The van der Waals surface area contributed by atoms with Gasteiger partial charge in [0.1, 0.15) is 0 Å². The highest BCUT2D eigenvalue weighted by Crippen LogP contribution is 2.28. The Morgan fingerprint density at radius 3 is 2.38 bits per heavy atom. The molecule has 1 fully saturated rings. The van der Waals surface area contributed by atoms with Crippen molar-refractivity contribution in [1.82, 2.24) is 10.6 Å². The monoisotopic (exact) mass is 455 g/mol. The highest BCUT2D eigenvalue weighted by atomic mass is 127. The van der Waals surface area contributed by atoms with Crippen LogP contribution < -0.4 is 10.6 Å². The summed E-state index contributed by atoms with van der Waals surface area (Å²) in [6, 6.07) is 0. The molecule has 0 unspecified atom stereocenters. The third-order valence-corrected chi connectivity index (χ3v) is 4.11. The minimum absolute atomic E-state index is 0. The van der Waals surface area contributed by atoms with Gasteiger partial charge in [-0.3, -0.25) is 4.99 Å². The van der Waals surface area contributed by atoms with Gasteiger partial charge < -0.3 is 20.5 Å². The van der Waals surface area contributed by atoms with Crippen LogP contribution >= 0.6 is 24.0 Å². The molecule has 0 aromatic rings. The molecule has 0 radical (unpaired) electrons. The van der Waals surface area contributed by atoms with Gasteiger partial charge in [-0.15, -0.1) is 24.0 Å². The summed E-state index contributed by atoms with van der Waals surface area (Å²) in [5.74, 6) is 1.62. The maximum atomic E-state index is 10.6. The van der Waals surface area contributed by atoms with Crippen LogP contribution in [0.3, 0.4) is 0 Å². The van der Waals surface area contributed by atoms with Gasteiger partial charge in [-0.25, -0.2) is 0 Å². The number of hydrogen-bond acceptors (Lipinski definition) is 3. The van der Waals surface area contributed by atoms with E-state index in [1.807, 2.05) is 0 Å². The number of nitrogens with one attached hydrogen (secondary N) is 2. The zero-order valence-electron chi connectivity index (χ0n) is 15.8.